The molecular weight excluding hydrogens is 405 g/mol. The van der Waals surface area contributed by atoms with E-state index in [9.17, 15) is 19.1 Å². The molecular formula is C27H24FNO3. The van der Waals surface area contributed by atoms with Crippen LogP contribution in [0.25, 0.3) is 22.3 Å². The van der Waals surface area contributed by atoms with E-state index in [1.807, 2.05) is 4.57 Å². The Morgan fingerprint density at radius 3 is 2.38 bits per heavy atom. The van der Waals surface area contributed by atoms with Gasteiger partial charge in [-0.15, -0.1) is 0 Å². The number of carbonyl (C=O) groups is 1. The normalized spacial score (nSPS) is 17.1. The number of aromatic nitrogens is 1. The Morgan fingerprint density at radius 2 is 1.72 bits per heavy atom. The summed E-state index contributed by atoms with van der Waals surface area (Å²) < 4.78 is 15.3. The fourth-order valence-corrected chi connectivity index (χ4v) is 5.02. The Balaban J connectivity index is 1.64. The molecule has 1 N–H and O–H groups in total. The average molecular weight is 429 g/mol. The topological polar surface area (TPSA) is 59.3 Å². The molecule has 0 unspecified atom stereocenters. The first-order chi connectivity index (χ1) is 15.1. The number of nitrogens with zero attached hydrogens (tertiary/aromatic N) is 1. The molecule has 1 aliphatic heterocycles. The van der Waals surface area contributed by atoms with Crippen molar-refractivity contribution in [2.75, 3.05) is 0 Å². The van der Waals surface area contributed by atoms with E-state index in [1.165, 1.54) is 41.1 Å². The van der Waals surface area contributed by atoms with E-state index in [4.69, 9.17) is 0 Å². The Bertz CT molecular complexity index is 1360. The van der Waals surface area contributed by atoms with Gasteiger partial charge in [-0.2, -0.15) is 0 Å². The molecule has 32 heavy (non-hydrogen) atoms. The van der Waals surface area contributed by atoms with Crippen LogP contribution in [-0.4, -0.2) is 15.6 Å². The number of pyridine rings is 1. The van der Waals surface area contributed by atoms with Crippen LogP contribution in [-0.2, 0) is 6.42 Å². The first kappa shape index (κ1) is 20.4. The highest BCUT2D eigenvalue weighted by atomic mass is 19.1. The molecule has 1 aromatic heterocycles. The Morgan fingerprint density at radius 1 is 1.03 bits per heavy atom. The highest BCUT2D eigenvalue weighted by molar-refractivity contribution is 5.98. The second kappa shape index (κ2) is 7.02. The number of allylic oxidation sites excluding steroid dienone is 2. The highest BCUT2D eigenvalue weighted by Gasteiger charge is 2.37. The standard InChI is InChI=1S/C27H24FNO3/c1-27(2,3)25-12-20-19-9-6-16(15-4-7-18(28)8-5-15)10-17(19)11-21(20)23-13-24(30)22(26(31)32)14-29(23)25/h4-10,13-14,25H,11-12H2,1-3H3,(H,31,32)/t25-/m0/s1. The van der Waals surface area contributed by atoms with Gasteiger partial charge in [-0.25, -0.2) is 9.18 Å². The molecule has 0 saturated heterocycles. The fraction of sp³-hybridized carbons (Fsp3) is 0.259. The molecule has 162 valence electrons. The molecule has 0 radical (unpaired) electrons. The van der Waals surface area contributed by atoms with Crippen molar-refractivity contribution in [2.45, 2.75) is 39.7 Å². The minimum Gasteiger partial charge on any atom is -0.477 e. The summed E-state index contributed by atoms with van der Waals surface area (Å²) in [5.74, 6) is -1.46. The van der Waals surface area contributed by atoms with E-state index in [2.05, 4.69) is 39.0 Å². The first-order valence-corrected chi connectivity index (χ1v) is 10.7. The van der Waals surface area contributed by atoms with Crippen LogP contribution >= 0.6 is 0 Å². The molecule has 3 aromatic rings. The molecule has 0 bridgehead atoms. The minimum atomic E-state index is -1.20. The number of aromatic carboxylic acids is 1. The van der Waals surface area contributed by atoms with E-state index >= 15 is 0 Å². The largest absolute Gasteiger partial charge is 0.477 e. The van der Waals surface area contributed by atoms with E-state index in [0.29, 0.717) is 6.42 Å². The van der Waals surface area contributed by atoms with Gasteiger partial charge in [0.15, 0.2) is 5.43 Å². The number of halogens is 1. The summed E-state index contributed by atoms with van der Waals surface area (Å²) in [5, 5.41) is 9.49. The van der Waals surface area contributed by atoms with E-state index < -0.39 is 11.4 Å². The van der Waals surface area contributed by atoms with Gasteiger partial charge < -0.3 is 9.67 Å². The first-order valence-electron chi connectivity index (χ1n) is 10.7. The zero-order chi connectivity index (χ0) is 22.8. The van der Waals surface area contributed by atoms with Gasteiger partial charge in [0.1, 0.15) is 11.4 Å². The number of rotatable bonds is 2. The van der Waals surface area contributed by atoms with Crippen LogP contribution in [0.4, 0.5) is 4.39 Å². The summed E-state index contributed by atoms with van der Waals surface area (Å²) >= 11 is 0. The highest BCUT2D eigenvalue weighted by Crippen LogP contribution is 2.50. The fourth-order valence-electron chi connectivity index (χ4n) is 5.02. The van der Waals surface area contributed by atoms with Crippen molar-refractivity contribution in [3.63, 3.8) is 0 Å². The molecule has 2 aromatic carbocycles. The SMILES string of the molecule is CC(C)(C)[C@@H]1CC2=C(Cc3cc(-c4ccc(F)cc4)ccc32)c2cc(=O)c(C(=O)O)cn21. The summed E-state index contributed by atoms with van der Waals surface area (Å²) in [6.45, 7) is 6.41. The van der Waals surface area contributed by atoms with Crippen LogP contribution in [0.1, 0.15) is 60.4 Å². The lowest BCUT2D eigenvalue weighted by molar-refractivity contribution is 0.0693. The maximum Gasteiger partial charge on any atom is 0.341 e. The average Bonchev–Trinajstić information content (AvgIpc) is 3.10. The number of hydrogen-bond donors (Lipinski definition) is 1. The molecule has 1 atom stereocenters. The molecule has 0 saturated carbocycles. The van der Waals surface area contributed by atoms with Gasteiger partial charge in [0.25, 0.3) is 0 Å². The van der Waals surface area contributed by atoms with Crippen LogP contribution in [0.5, 0.6) is 0 Å². The van der Waals surface area contributed by atoms with Gasteiger partial charge in [-0.05, 0) is 57.4 Å². The Hall–Kier alpha value is -3.47. The third-order valence-electron chi connectivity index (χ3n) is 6.69. The van der Waals surface area contributed by atoms with E-state index in [-0.39, 0.29) is 22.8 Å². The van der Waals surface area contributed by atoms with Gasteiger partial charge in [-0.1, -0.05) is 51.1 Å². The van der Waals surface area contributed by atoms with Crippen molar-refractivity contribution in [1.82, 2.24) is 4.57 Å². The molecule has 5 rings (SSSR count). The molecule has 0 fully saturated rings. The predicted octanol–water partition coefficient (Wildman–Crippen LogP) is 5.81. The molecule has 4 nitrogen and oxygen atoms in total. The smallest absolute Gasteiger partial charge is 0.341 e. The van der Waals surface area contributed by atoms with Crippen LogP contribution in [0, 0.1) is 11.2 Å². The zero-order valence-corrected chi connectivity index (χ0v) is 18.3. The van der Waals surface area contributed by atoms with Crippen LogP contribution in [0.2, 0.25) is 0 Å². The molecule has 2 heterocycles. The quantitative estimate of drug-likeness (QED) is 0.559. The number of benzene rings is 2. The number of fused-ring (bicyclic) bond motifs is 4. The number of carboxylic acid groups (broad SMARTS) is 1. The summed E-state index contributed by atoms with van der Waals surface area (Å²) in [6.07, 6.45) is 2.98. The van der Waals surface area contributed by atoms with Crippen LogP contribution in [0.3, 0.4) is 0 Å². The van der Waals surface area contributed by atoms with Crippen molar-refractivity contribution in [3.8, 4) is 11.1 Å². The second-order valence-corrected chi connectivity index (χ2v) is 9.75. The van der Waals surface area contributed by atoms with Crippen molar-refractivity contribution < 1.29 is 14.3 Å². The minimum absolute atomic E-state index is 0.0256. The molecule has 0 spiro atoms. The van der Waals surface area contributed by atoms with Crippen molar-refractivity contribution in [1.29, 1.82) is 0 Å². The third kappa shape index (κ3) is 3.20. The third-order valence-corrected chi connectivity index (χ3v) is 6.69. The Kier molecular flexibility index (Phi) is 4.48. The molecule has 1 aliphatic carbocycles. The summed E-state index contributed by atoms with van der Waals surface area (Å²) in [5.41, 5.74) is 6.67. The number of carboxylic acids is 1. The lowest BCUT2D eigenvalue weighted by atomic mass is 9.78. The van der Waals surface area contributed by atoms with Crippen molar-refractivity contribution >= 4 is 17.1 Å². The summed E-state index contributed by atoms with van der Waals surface area (Å²) in [7, 11) is 0. The van der Waals surface area contributed by atoms with Gasteiger partial charge in [-0.3, -0.25) is 4.79 Å². The van der Waals surface area contributed by atoms with Gasteiger partial charge in [0.05, 0.1) is 0 Å². The maximum atomic E-state index is 13.3. The second-order valence-electron chi connectivity index (χ2n) is 9.75. The Labute approximate surface area is 185 Å². The van der Waals surface area contributed by atoms with Crippen molar-refractivity contribution in [2.24, 2.45) is 5.41 Å². The molecule has 5 heteroatoms. The lowest BCUT2D eigenvalue weighted by Crippen LogP contribution is -2.32. The molecule has 0 amide bonds. The van der Waals surface area contributed by atoms with Gasteiger partial charge in [0.2, 0.25) is 0 Å². The lowest BCUT2D eigenvalue weighted by Gasteiger charge is -2.39. The number of hydrogen-bond acceptors (Lipinski definition) is 2. The predicted molar refractivity (Wildman–Crippen MR) is 123 cm³/mol. The van der Waals surface area contributed by atoms with Gasteiger partial charge in [0, 0.05) is 30.4 Å². The zero-order valence-electron chi connectivity index (χ0n) is 18.3. The van der Waals surface area contributed by atoms with Gasteiger partial charge >= 0.3 is 5.97 Å². The van der Waals surface area contributed by atoms with Crippen LogP contribution < -0.4 is 5.43 Å². The van der Waals surface area contributed by atoms with Crippen molar-refractivity contribution in [3.05, 3.63) is 93.2 Å². The molecule has 2 aliphatic rings. The summed E-state index contributed by atoms with van der Waals surface area (Å²) in [4.78, 5) is 24.2. The maximum absolute atomic E-state index is 13.3. The van der Waals surface area contributed by atoms with Crippen LogP contribution in [0.15, 0.2) is 59.5 Å². The van der Waals surface area contributed by atoms with E-state index in [0.717, 1.165) is 28.8 Å². The van der Waals surface area contributed by atoms with E-state index in [1.54, 1.807) is 12.1 Å². The summed E-state index contributed by atoms with van der Waals surface area (Å²) in [6, 6.07) is 14.3. The monoisotopic (exact) mass is 429 g/mol.